The Kier molecular flexibility index (Phi) is 6.61. The van der Waals surface area contributed by atoms with Crippen LogP contribution >= 0.6 is 0 Å². The topological polar surface area (TPSA) is 113 Å². The number of benzene rings is 1. The zero-order chi connectivity index (χ0) is 17.7. The van der Waals surface area contributed by atoms with Crippen LogP contribution in [0.15, 0.2) is 29.2 Å². The SMILES string of the molecule is CC(C)(C)OC(=O)NCCCS(=O)(=O)c1ccc(B(O)O)cc1. The lowest BCUT2D eigenvalue weighted by Crippen LogP contribution is -2.33. The van der Waals surface area contributed by atoms with Gasteiger partial charge in [0, 0.05) is 6.54 Å². The molecule has 7 nitrogen and oxygen atoms in total. The molecule has 0 bridgehead atoms. The Balaban J connectivity index is 2.48. The van der Waals surface area contributed by atoms with E-state index < -0.39 is 28.6 Å². The van der Waals surface area contributed by atoms with Gasteiger partial charge in [0.25, 0.3) is 0 Å². The number of carbonyl (C=O) groups is 1. The molecule has 1 aromatic rings. The molecule has 0 spiro atoms. The van der Waals surface area contributed by atoms with Crippen LogP contribution < -0.4 is 10.8 Å². The quantitative estimate of drug-likeness (QED) is 0.497. The molecule has 0 radical (unpaired) electrons. The van der Waals surface area contributed by atoms with E-state index in [-0.39, 0.29) is 29.1 Å². The summed E-state index contributed by atoms with van der Waals surface area (Å²) >= 11 is 0. The number of carbonyl (C=O) groups excluding carboxylic acids is 1. The molecule has 0 unspecified atom stereocenters. The van der Waals surface area contributed by atoms with E-state index in [0.717, 1.165) is 0 Å². The number of alkyl carbamates (subject to hydrolysis) is 1. The van der Waals surface area contributed by atoms with Gasteiger partial charge in [-0.3, -0.25) is 0 Å². The Morgan fingerprint density at radius 2 is 1.78 bits per heavy atom. The summed E-state index contributed by atoms with van der Waals surface area (Å²) in [5, 5.41) is 20.5. The van der Waals surface area contributed by atoms with Gasteiger partial charge < -0.3 is 20.1 Å². The first-order chi connectivity index (χ1) is 10.5. The fourth-order valence-electron chi connectivity index (χ4n) is 1.73. The second-order valence-electron chi connectivity index (χ2n) is 6.04. The number of hydrogen-bond acceptors (Lipinski definition) is 6. The third kappa shape index (κ3) is 7.02. The summed E-state index contributed by atoms with van der Waals surface area (Å²) in [5.74, 6) is -0.135. The molecule has 0 atom stereocenters. The van der Waals surface area contributed by atoms with Gasteiger partial charge in [0.1, 0.15) is 5.60 Å². The molecule has 9 heteroatoms. The molecule has 0 heterocycles. The monoisotopic (exact) mass is 343 g/mol. The van der Waals surface area contributed by atoms with Crippen molar-refractivity contribution < 1.29 is 28.0 Å². The molecule has 1 aromatic carbocycles. The standard InChI is InChI=1S/C14H22BNO6S/c1-14(2,3)22-13(17)16-9-4-10-23(20,21)12-7-5-11(6-8-12)15(18)19/h5-8,18-19H,4,9-10H2,1-3H3,(H,16,17). The first-order valence-corrected chi connectivity index (χ1v) is 8.82. The predicted molar refractivity (Wildman–Crippen MR) is 87.2 cm³/mol. The van der Waals surface area contributed by atoms with Crippen molar-refractivity contribution in [1.29, 1.82) is 0 Å². The van der Waals surface area contributed by atoms with E-state index in [4.69, 9.17) is 14.8 Å². The van der Waals surface area contributed by atoms with Gasteiger partial charge in [-0.2, -0.15) is 0 Å². The number of hydrogen-bond donors (Lipinski definition) is 3. The fourth-order valence-corrected chi connectivity index (χ4v) is 3.04. The largest absolute Gasteiger partial charge is 0.488 e. The molecule has 0 aliphatic carbocycles. The van der Waals surface area contributed by atoms with Gasteiger partial charge in [-0.15, -0.1) is 0 Å². The van der Waals surface area contributed by atoms with Crippen molar-refractivity contribution in [3.63, 3.8) is 0 Å². The van der Waals surface area contributed by atoms with E-state index in [9.17, 15) is 13.2 Å². The van der Waals surface area contributed by atoms with Crippen LogP contribution in [0.3, 0.4) is 0 Å². The summed E-state index contributed by atoms with van der Waals surface area (Å²) < 4.78 is 29.3. The van der Waals surface area contributed by atoms with Gasteiger partial charge in [0.15, 0.2) is 9.84 Å². The molecule has 3 N–H and O–H groups in total. The van der Waals surface area contributed by atoms with Crippen LogP contribution in [0, 0.1) is 0 Å². The molecule has 0 fully saturated rings. The highest BCUT2D eigenvalue weighted by atomic mass is 32.2. The Morgan fingerprint density at radius 1 is 1.22 bits per heavy atom. The van der Waals surface area contributed by atoms with E-state index in [1.807, 2.05) is 0 Å². The first kappa shape index (κ1) is 19.5. The zero-order valence-corrected chi connectivity index (χ0v) is 14.3. The van der Waals surface area contributed by atoms with Crippen molar-refractivity contribution in [2.75, 3.05) is 12.3 Å². The van der Waals surface area contributed by atoms with Crippen molar-refractivity contribution in [2.24, 2.45) is 0 Å². The summed E-state index contributed by atoms with van der Waals surface area (Å²) in [6.45, 7) is 5.40. The van der Waals surface area contributed by atoms with Gasteiger partial charge in [-0.05, 0) is 44.8 Å². The van der Waals surface area contributed by atoms with Crippen LogP contribution in [-0.4, -0.2) is 49.6 Å². The average Bonchev–Trinajstić information content (AvgIpc) is 2.42. The Morgan fingerprint density at radius 3 is 2.26 bits per heavy atom. The number of nitrogens with one attached hydrogen (secondary N) is 1. The zero-order valence-electron chi connectivity index (χ0n) is 13.4. The van der Waals surface area contributed by atoms with Crippen LogP contribution in [0.4, 0.5) is 4.79 Å². The molecule has 128 valence electrons. The minimum absolute atomic E-state index is 0.0965. The van der Waals surface area contributed by atoms with Gasteiger partial charge >= 0.3 is 13.2 Å². The Bertz CT molecular complexity index is 622. The summed E-state index contributed by atoms with van der Waals surface area (Å²) in [7, 11) is -5.13. The highest BCUT2D eigenvalue weighted by molar-refractivity contribution is 7.91. The summed E-state index contributed by atoms with van der Waals surface area (Å²) in [6.07, 6.45) is -0.345. The lowest BCUT2D eigenvalue weighted by atomic mass is 9.81. The van der Waals surface area contributed by atoms with Crippen molar-refractivity contribution in [3.05, 3.63) is 24.3 Å². The normalized spacial score (nSPS) is 11.9. The van der Waals surface area contributed by atoms with Crippen molar-refractivity contribution >= 4 is 28.5 Å². The highest BCUT2D eigenvalue weighted by Gasteiger charge is 2.18. The fraction of sp³-hybridized carbons (Fsp3) is 0.500. The van der Waals surface area contributed by atoms with Crippen LogP contribution in [0.25, 0.3) is 0 Å². The number of rotatable bonds is 6. The van der Waals surface area contributed by atoms with Gasteiger partial charge in [0.2, 0.25) is 0 Å². The molecule has 0 saturated heterocycles. The van der Waals surface area contributed by atoms with E-state index in [2.05, 4.69) is 5.32 Å². The minimum atomic E-state index is -3.49. The second-order valence-corrected chi connectivity index (χ2v) is 8.15. The van der Waals surface area contributed by atoms with E-state index in [1.54, 1.807) is 20.8 Å². The van der Waals surface area contributed by atoms with Gasteiger partial charge in [-0.1, -0.05) is 12.1 Å². The van der Waals surface area contributed by atoms with E-state index in [0.29, 0.717) is 0 Å². The summed E-state index contributed by atoms with van der Waals surface area (Å²) in [4.78, 5) is 11.5. The maximum Gasteiger partial charge on any atom is 0.488 e. The third-order valence-electron chi connectivity index (χ3n) is 2.80. The molecule has 0 aromatic heterocycles. The van der Waals surface area contributed by atoms with Crippen LogP contribution in [-0.2, 0) is 14.6 Å². The smallest absolute Gasteiger partial charge is 0.444 e. The van der Waals surface area contributed by atoms with Crippen molar-refractivity contribution in [3.8, 4) is 0 Å². The van der Waals surface area contributed by atoms with Crippen LogP contribution in [0.5, 0.6) is 0 Å². The minimum Gasteiger partial charge on any atom is -0.444 e. The molecule has 23 heavy (non-hydrogen) atoms. The number of ether oxygens (including phenoxy) is 1. The molecular weight excluding hydrogens is 321 g/mol. The maximum atomic E-state index is 12.1. The van der Waals surface area contributed by atoms with Gasteiger partial charge in [0.05, 0.1) is 10.6 Å². The lowest BCUT2D eigenvalue weighted by molar-refractivity contribution is 0.0528. The molecule has 0 saturated carbocycles. The molecule has 1 rings (SSSR count). The van der Waals surface area contributed by atoms with Gasteiger partial charge in [-0.25, -0.2) is 13.2 Å². The first-order valence-electron chi connectivity index (χ1n) is 7.17. The summed E-state index contributed by atoms with van der Waals surface area (Å²) in [5.41, 5.74) is -0.384. The number of sulfone groups is 1. The third-order valence-corrected chi connectivity index (χ3v) is 4.61. The number of amides is 1. The predicted octanol–water partition coefficient (Wildman–Crippen LogP) is 0.0549. The van der Waals surface area contributed by atoms with Crippen molar-refractivity contribution in [1.82, 2.24) is 5.32 Å². The Labute approximate surface area is 136 Å². The van der Waals surface area contributed by atoms with Crippen molar-refractivity contribution in [2.45, 2.75) is 37.7 Å². The Hall–Kier alpha value is -1.58. The second kappa shape index (κ2) is 7.80. The van der Waals surface area contributed by atoms with E-state index >= 15 is 0 Å². The molecule has 1 amide bonds. The van der Waals surface area contributed by atoms with Crippen LogP contribution in [0.1, 0.15) is 27.2 Å². The summed E-state index contributed by atoms with van der Waals surface area (Å²) in [6, 6.07) is 5.34. The molecule has 0 aliphatic heterocycles. The average molecular weight is 343 g/mol. The van der Waals surface area contributed by atoms with E-state index in [1.165, 1.54) is 24.3 Å². The maximum absolute atomic E-state index is 12.1. The lowest BCUT2D eigenvalue weighted by Gasteiger charge is -2.19. The van der Waals surface area contributed by atoms with Crippen LogP contribution in [0.2, 0.25) is 0 Å². The highest BCUT2D eigenvalue weighted by Crippen LogP contribution is 2.11. The molecular formula is C14H22BNO6S. The molecule has 0 aliphatic rings.